The van der Waals surface area contributed by atoms with Crippen LogP contribution in [0.5, 0.6) is 0 Å². The van der Waals surface area contributed by atoms with Crippen molar-refractivity contribution >= 4 is 32.7 Å². The highest BCUT2D eigenvalue weighted by Crippen LogP contribution is 2.42. The van der Waals surface area contributed by atoms with Crippen molar-refractivity contribution in [1.82, 2.24) is 15.0 Å². The van der Waals surface area contributed by atoms with E-state index in [1.165, 1.54) is 0 Å². The maximum absolute atomic E-state index is 6.71. The molecule has 0 bridgehead atoms. The summed E-state index contributed by atoms with van der Waals surface area (Å²) >= 11 is 0. The van der Waals surface area contributed by atoms with E-state index in [-0.39, 0.29) is 0 Å². The molecular weight excluding hydrogens is 647 g/mol. The molecule has 0 fully saturated rings. The number of para-hydroxylation sites is 1. The van der Waals surface area contributed by atoms with Crippen molar-refractivity contribution in [1.29, 1.82) is 0 Å². The first-order valence-electron chi connectivity index (χ1n) is 17.8. The molecule has 0 unspecified atom stereocenters. The third-order valence-electron chi connectivity index (χ3n) is 9.90. The molecule has 0 radical (unpaired) electrons. The molecule has 0 N–H and O–H groups in total. The lowest BCUT2D eigenvalue weighted by Gasteiger charge is -2.12. The fourth-order valence-electron chi connectivity index (χ4n) is 7.29. The Morgan fingerprint density at radius 2 is 0.792 bits per heavy atom. The molecule has 0 amide bonds. The van der Waals surface area contributed by atoms with Crippen molar-refractivity contribution in [3.05, 3.63) is 188 Å². The maximum Gasteiger partial charge on any atom is 0.164 e. The Balaban J connectivity index is 1.23. The second kappa shape index (κ2) is 12.9. The minimum Gasteiger partial charge on any atom is -0.455 e. The first-order chi connectivity index (χ1) is 26.2. The first kappa shape index (κ1) is 30.6. The van der Waals surface area contributed by atoms with Gasteiger partial charge in [0.25, 0.3) is 0 Å². The zero-order chi connectivity index (χ0) is 35.1. The van der Waals surface area contributed by atoms with Gasteiger partial charge in [0.2, 0.25) is 0 Å². The van der Waals surface area contributed by atoms with Gasteiger partial charge in [0.1, 0.15) is 11.2 Å². The summed E-state index contributed by atoms with van der Waals surface area (Å²) in [6, 6.07) is 65.1. The molecule has 2 heterocycles. The Hall–Kier alpha value is -7.17. The summed E-state index contributed by atoms with van der Waals surface area (Å²) in [6.45, 7) is 0. The monoisotopic (exact) mass is 677 g/mol. The van der Waals surface area contributed by atoms with Crippen LogP contribution in [0.2, 0.25) is 0 Å². The van der Waals surface area contributed by atoms with Crippen LogP contribution in [0.25, 0.3) is 100 Å². The van der Waals surface area contributed by atoms with E-state index in [1.54, 1.807) is 0 Å². The number of hydrogen-bond acceptors (Lipinski definition) is 4. The van der Waals surface area contributed by atoms with Gasteiger partial charge in [-0.1, -0.05) is 158 Å². The average Bonchev–Trinajstić information content (AvgIpc) is 3.64. The van der Waals surface area contributed by atoms with Gasteiger partial charge in [0.15, 0.2) is 17.5 Å². The van der Waals surface area contributed by atoms with Crippen LogP contribution in [-0.4, -0.2) is 15.0 Å². The van der Waals surface area contributed by atoms with E-state index < -0.39 is 0 Å². The molecule has 2 aromatic heterocycles. The van der Waals surface area contributed by atoms with E-state index in [9.17, 15) is 0 Å². The number of hydrogen-bond donors (Lipinski definition) is 0. The molecule has 0 aliphatic rings. The third kappa shape index (κ3) is 5.63. The van der Waals surface area contributed by atoms with E-state index in [0.717, 1.165) is 82.8 Å². The number of furan rings is 1. The Kier molecular flexibility index (Phi) is 7.43. The topological polar surface area (TPSA) is 51.8 Å². The molecular formula is C49H31N3O. The van der Waals surface area contributed by atoms with Crippen LogP contribution < -0.4 is 0 Å². The van der Waals surface area contributed by atoms with Crippen LogP contribution in [0.1, 0.15) is 0 Å². The van der Waals surface area contributed by atoms with Gasteiger partial charge in [-0.15, -0.1) is 0 Å². The smallest absolute Gasteiger partial charge is 0.164 e. The van der Waals surface area contributed by atoms with Gasteiger partial charge in [-0.25, -0.2) is 15.0 Å². The summed E-state index contributed by atoms with van der Waals surface area (Å²) in [5.74, 6) is 1.80. The van der Waals surface area contributed by atoms with E-state index in [2.05, 4.69) is 158 Å². The summed E-state index contributed by atoms with van der Waals surface area (Å²) in [7, 11) is 0. The van der Waals surface area contributed by atoms with E-state index in [0.29, 0.717) is 17.5 Å². The number of fused-ring (bicyclic) bond motifs is 5. The van der Waals surface area contributed by atoms with Gasteiger partial charge in [-0.05, 0) is 69.1 Å². The molecule has 0 atom stereocenters. The molecule has 8 aromatic carbocycles. The van der Waals surface area contributed by atoms with Gasteiger partial charge in [0.05, 0.1) is 0 Å². The molecule has 10 rings (SSSR count). The normalized spacial score (nSPS) is 11.4. The largest absolute Gasteiger partial charge is 0.455 e. The molecule has 0 spiro atoms. The summed E-state index contributed by atoms with van der Waals surface area (Å²) in [4.78, 5) is 15.7. The van der Waals surface area contributed by atoms with E-state index in [4.69, 9.17) is 19.4 Å². The maximum atomic E-state index is 6.71. The van der Waals surface area contributed by atoms with Gasteiger partial charge in [0, 0.05) is 32.8 Å². The minimum atomic E-state index is 0.589. The summed E-state index contributed by atoms with van der Waals surface area (Å²) in [5.41, 5.74) is 11.1. The highest BCUT2D eigenvalue weighted by molar-refractivity contribution is 6.21. The molecule has 0 aliphatic carbocycles. The van der Waals surface area contributed by atoms with Crippen LogP contribution in [0.15, 0.2) is 192 Å². The van der Waals surface area contributed by atoms with Crippen molar-refractivity contribution in [2.75, 3.05) is 0 Å². The highest BCUT2D eigenvalue weighted by atomic mass is 16.3. The average molecular weight is 678 g/mol. The molecule has 0 aliphatic heterocycles. The standard InChI is InChI=1S/C49H31N3O/c1-4-14-32(15-5-1)35-20-12-22-39(28-35)47-50-48(40-23-13-21-36(29-40)33-16-6-2-7-17-33)52-49(51-47)43-31-38-27-26-37(34-18-8-3-9-19-34)30-42(38)46-45(43)41-24-10-11-25-44(41)53-46/h1-31H. The predicted octanol–water partition coefficient (Wildman–Crippen LogP) is 12.9. The van der Waals surface area contributed by atoms with Gasteiger partial charge in [-0.3, -0.25) is 0 Å². The van der Waals surface area contributed by atoms with Crippen LogP contribution >= 0.6 is 0 Å². The molecule has 248 valence electrons. The predicted molar refractivity (Wildman–Crippen MR) is 217 cm³/mol. The number of nitrogens with zero attached hydrogens (tertiary/aromatic N) is 3. The molecule has 53 heavy (non-hydrogen) atoms. The number of benzene rings is 8. The second-order valence-electron chi connectivity index (χ2n) is 13.2. The molecule has 0 saturated heterocycles. The van der Waals surface area contributed by atoms with Crippen molar-refractivity contribution in [3.63, 3.8) is 0 Å². The molecule has 10 aromatic rings. The fraction of sp³-hybridized carbons (Fsp3) is 0. The van der Waals surface area contributed by atoms with Gasteiger partial charge >= 0.3 is 0 Å². The molecule has 4 nitrogen and oxygen atoms in total. The lowest BCUT2D eigenvalue weighted by Crippen LogP contribution is -2.01. The Morgan fingerprint density at radius 1 is 0.321 bits per heavy atom. The second-order valence-corrected chi connectivity index (χ2v) is 13.2. The van der Waals surface area contributed by atoms with Crippen LogP contribution in [0.3, 0.4) is 0 Å². The van der Waals surface area contributed by atoms with Crippen LogP contribution in [0.4, 0.5) is 0 Å². The highest BCUT2D eigenvalue weighted by Gasteiger charge is 2.21. The molecule has 0 saturated carbocycles. The SMILES string of the molecule is c1ccc(-c2cccc(-c3nc(-c4cccc(-c5ccccc5)c4)nc(-c4cc5ccc(-c6ccccc6)cc5c5oc6ccccc6c45)n3)c2)cc1. The van der Waals surface area contributed by atoms with Crippen molar-refractivity contribution in [2.24, 2.45) is 0 Å². The number of aromatic nitrogens is 3. The van der Waals surface area contributed by atoms with Crippen LogP contribution in [-0.2, 0) is 0 Å². The van der Waals surface area contributed by atoms with Gasteiger partial charge < -0.3 is 4.42 Å². The third-order valence-corrected chi connectivity index (χ3v) is 9.90. The zero-order valence-electron chi connectivity index (χ0n) is 28.6. The molecule has 4 heteroatoms. The summed E-state index contributed by atoms with van der Waals surface area (Å²) in [5, 5.41) is 4.09. The van der Waals surface area contributed by atoms with E-state index in [1.807, 2.05) is 30.3 Å². The number of rotatable bonds is 6. The Morgan fingerprint density at radius 3 is 1.38 bits per heavy atom. The minimum absolute atomic E-state index is 0.589. The lowest BCUT2D eigenvalue weighted by atomic mass is 9.96. The summed E-state index contributed by atoms with van der Waals surface area (Å²) < 4.78 is 6.71. The van der Waals surface area contributed by atoms with E-state index >= 15 is 0 Å². The fourth-order valence-corrected chi connectivity index (χ4v) is 7.29. The van der Waals surface area contributed by atoms with Crippen molar-refractivity contribution in [3.8, 4) is 67.5 Å². The van der Waals surface area contributed by atoms with Crippen molar-refractivity contribution < 1.29 is 4.42 Å². The quantitative estimate of drug-likeness (QED) is 0.176. The zero-order valence-corrected chi connectivity index (χ0v) is 28.6. The van der Waals surface area contributed by atoms with Gasteiger partial charge in [-0.2, -0.15) is 0 Å². The Bertz CT molecular complexity index is 2830. The van der Waals surface area contributed by atoms with Crippen molar-refractivity contribution in [2.45, 2.75) is 0 Å². The summed E-state index contributed by atoms with van der Waals surface area (Å²) in [6.07, 6.45) is 0. The first-order valence-corrected chi connectivity index (χ1v) is 17.8. The Labute approximate surface area is 306 Å². The van der Waals surface area contributed by atoms with Crippen LogP contribution in [0, 0.1) is 0 Å². The lowest BCUT2D eigenvalue weighted by molar-refractivity contribution is 0.672.